The van der Waals surface area contributed by atoms with Crippen molar-refractivity contribution in [1.82, 2.24) is 0 Å². The Hall–Kier alpha value is -1.51. The van der Waals surface area contributed by atoms with Crippen molar-refractivity contribution in [3.63, 3.8) is 0 Å². The van der Waals surface area contributed by atoms with Gasteiger partial charge in [0.15, 0.2) is 0 Å². The molecular formula is C14H18O3. The van der Waals surface area contributed by atoms with Crippen molar-refractivity contribution in [2.24, 2.45) is 5.92 Å². The first kappa shape index (κ1) is 12.0. The molecule has 0 spiro atoms. The minimum Gasteiger partial charge on any atom is -0.497 e. The number of carbonyl (C=O) groups excluding carboxylic acids is 1. The average molecular weight is 234 g/mol. The molecule has 0 aliphatic heterocycles. The molecule has 1 unspecified atom stereocenters. The van der Waals surface area contributed by atoms with Gasteiger partial charge in [-0.15, -0.1) is 0 Å². The quantitative estimate of drug-likeness (QED) is 0.736. The van der Waals surface area contributed by atoms with Crippen LogP contribution >= 0.6 is 0 Å². The molecule has 1 aromatic rings. The Kier molecular flexibility index (Phi) is 3.36. The number of aryl methyl sites for hydroxylation is 2. The highest BCUT2D eigenvalue weighted by molar-refractivity contribution is 5.73. The molecule has 1 aliphatic carbocycles. The summed E-state index contributed by atoms with van der Waals surface area (Å²) in [6.45, 7) is 2.07. The van der Waals surface area contributed by atoms with Crippen LogP contribution in [0.15, 0.2) is 12.1 Å². The molecule has 1 atom stereocenters. The Morgan fingerprint density at radius 1 is 1.35 bits per heavy atom. The molecular weight excluding hydrogens is 216 g/mol. The van der Waals surface area contributed by atoms with E-state index in [1.54, 1.807) is 7.11 Å². The lowest BCUT2D eigenvalue weighted by Crippen LogP contribution is -2.24. The lowest BCUT2D eigenvalue weighted by Gasteiger charge is -2.24. The van der Waals surface area contributed by atoms with Gasteiger partial charge in [0.25, 0.3) is 0 Å². The predicted octanol–water partition coefficient (Wildman–Crippen LogP) is 2.28. The third-order valence-corrected chi connectivity index (χ3v) is 3.52. The second kappa shape index (κ2) is 4.78. The first-order valence-electron chi connectivity index (χ1n) is 5.90. The van der Waals surface area contributed by atoms with Crippen LogP contribution in [0.3, 0.4) is 0 Å². The molecule has 1 aliphatic rings. The molecule has 0 saturated carbocycles. The molecule has 3 heteroatoms. The van der Waals surface area contributed by atoms with E-state index in [1.165, 1.54) is 23.8 Å². The van der Waals surface area contributed by atoms with Gasteiger partial charge in [-0.2, -0.15) is 0 Å². The Labute approximate surface area is 102 Å². The van der Waals surface area contributed by atoms with E-state index in [4.69, 9.17) is 9.47 Å². The minimum atomic E-state index is -0.0918. The topological polar surface area (TPSA) is 35.5 Å². The van der Waals surface area contributed by atoms with Gasteiger partial charge in [-0.1, -0.05) is 0 Å². The van der Waals surface area contributed by atoms with Crippen LogP contribution in [0.1, 0.15) is 23.1 Å². The first-order valence-corrected chi connectivity index (χ1v) is 5.90. The molecule has 3 nitrogen and oxygen atoms in total. The molecule has 0 aromatic heterocycles. The van der Waals surface area contributed by atoms with Crippen molar-refractivity contribution >= 4 is 5.97 Å². The molecule has 92 valence electrons. The van der Waals surface area contributed by atoms with Crippen LogP contribution in [0.5, 0.6) is 5.75 Å². The lowest BCUT2D eigenvalue weighted by atomic mass is 9.82. The molecule has 0 heterocycles. The van der Waals surface area contributed by atoms with Crippen molar-refractivity contribution in [2.45, 2.75) is 26.2 Å². The van der Waals surface area contributed by atoms with Crippen molar-refractivity contribution in [3.8, 4) is 5.75 Å². The van der Waals surface area contributed by atoms with E-state index in [0.717, 1.165) is 25.0 Å². The summed E-state index contributed by atoms with van der Waals surface area (Å²) in [6, 6.07) is 4.11. The standard InChI is InChI=1S/C14H18O3/c1-9-6-12(16-2)7-10-4-5-11(8-13(9)10)14(15)17-3/h6-7,11H,4-5,8H2,1-3H3. The number of rotatable bonds is 2. The SMILES string of the molecule is COC(=O)C1CCc2cc(OC)cc(C)c2C1. The number of carbonyl (C=O) groups is 1. The van der Waals surface area contributed by atoms with Gasteiger partial charge in [0, 0.05) is 0 Å². The fourth-order valence-electron chi connectivity index (χ4n) is 2.53. The molecule has 1 aromatic carbocycles. The molecule has 0 fully saturated rings. The van der Waals surface area contributed by atoms with Crippen LogP contribution in [0, 0.1) is 12.8 Å². The van der Waals surface area contributed by atoms with Gasteiger partial charge >= 0.3 is 5.97 Å². The van der Waals surface area contributed by atoms with Crippen molar-refractivity contribution in [3.05, 3.63) is 28.8 Å². The number of esters is 1. The summed E-state index contributed by atoms with van der Waals surface area (Å²) in [5.41, 5.74) is 3.79. The van der Waals surface area contributed by atoms with Gasteiger partial charge in [0.1, 0.15) is 5.75 Å². The van der Waals surface area contributed by atoms with Crippen molar-refractivity contribution in [2.75, 3.05) is 14.2 Å². The maximum atomic E-state index is 11.6. The maximum Gasteiger partial charge on any atom is 0.309 e. The third kappa shape index (κ3) is 2.28. The zero-order valence-electron chi connectivity index (χ0n) is 10.6. The van der Waals surface area contributed by atoms with E-state index >= 15 is 0 Å². The van der Waals surface area contributed by atoms with E-state index in [2.05, 4.69) is 13.0 Å². The van der Waals surface area contributed by atoms with Gasteiger partial charge in [-0.3, -0.25) is 4.79 Å². The molecule has 0 radical (unpaired) electrons. The highest BCUT2D eigenvalue weighted by atomic mass is 16.5. The summed E-state index contributed by atoms with van der Waals surface area (Å²) in [5.74, 6) is 0.822. The molecule has 0 N–H and O–H groups in total. The number of hydrogen-bond acceptors (Lipinski definition) is 3. The summed E-state index contributed by atoms with van der Waals surface area (Å²) in [7, 11) is 3.14. The Morgan fingerprint density at radius 3 is 2.76 bits per heavy atom. The number of methoxy groups -OCH3 is 2. The number of ether oxygens (including phenoxy) is 2. The second-order valence-electron chi connectivity index (χ2n) is 4.54. The zero-order valence-corrected chi connectivity index (χ0v) is 10.6. The van der Waals surface area contributed by atoms with Crippen LogP contribution in [0.4, 0.5) is 0 Å². The van der Waals surface area contributed by atoms with Gasteiger partial charge in [0.2, 0.25) is 0 Å². The van der Waals surface area contributed by atoms with E-state index in [-0.39, 0.29) is 11.9 Å². The van der Waals surface area contributed by atoms with E-state index in [0.29, 0.717) is 0 Å². The fourth-order valence-corrected chi connectivity index (χ4v) is 2.53. The van der Waals surface area contributed by atoms with Gasteiger partial charge in [-0.05, 0) is 55.0 Å². The summed E-state index contributed by atoms with van der Waals surface area (Å²) < 4.78 is 10.1. The first-order chi connectivity index (χ1) is 8.15. The molecule has 17 heavy (non-hydrogen) atoms. The lowest BCUT2D eigenvalue weighted by molar-refractivity contribution is -0.145. The molecule has 0 saturated heterocycles. The van der Waals surface area contributed by atoms with Crippen molar-refractivity contribution in [1.29, 1.82) is 0 Å². The minimum absolute atomic E-state index is 0.0135. The Morgan fingerprint density at radius 2 is 2.12 bits per heavy atom. The third-order valence-electron chi connectivity index (χ3n) is 3.52. The Bertz CT molecular complexity index is 437. The highest BCUT2D eigenvalue weighted by Crippen LogP contribution is 2.31. The summed E-state index contributed by atoms with van der Waals surface area (Å²) in [5, 5.41) is 0. The summed E-state index contributed by atoms with van der Waals surface area (Å²) in [4.78, 5) is 11.6. The van der Waals surface area contributed by atoms with Crippen LogP contribution in [0.2, 0.25) is 0 Å². The van der Waals surface area contributed by atoms with Gasteiger partial charge in [-0.25, -0.2) is 0 Å². The summed E-state index contributed by atoms with van der Waals surface area (Å²) in [6.07, 6.45) is 2.58. The number of fused-ring (bicyclic) bond motifs is 1. The van der Waals surface area contributed by atoms with Crippen molar-refractivity contribution < 1.29 is 14.3 Å². The molecule has 2 rings (SSSR count). The average Bonchev–Trinajstić information content (AvgIpc) is 2.37. The van der Waals surface area contributed by atoms with Crippen LogP contribution in [0.25, 0.3) is 0 Å². The molecule has 0 bridgehead atoms. The van der Waals surface area contributed by atoms with Crippen LogP contribution in [-0.2, 0) is 22.4 Å². The van der Waals surface area contributed by atoms with E-state index < -0.39 is 0 Å². The Balaban J connectivity index is 2.29. The second-order valence-corrected chi connectivity index (χ2v) is 4.54. The molecule has 0 amide bonds. The monoisotopic (exact) mass is 234 g/mol. The van der Waals surface area contributed by atoms with E-state index in [1.807, 2.05) is 6.07 Å². The predicted molar refractivity (Wildman–Crippen MR) is 65.3 cm³/mol. The smallest absolute Gasteiger partial charge is 0.309 e. The van der Waals surface area contributed by atoms with Crippen LogP contribution < -0.4 is 4.74 Å². The number of hydrogen-bond donors (Lipinski definition) is 0. The van der Waals surface area contributed by atoms with Gasteiger partial charge in [0.05, 0.1) is 20.1 Å². The van der Waals surface area contributed by atoms with Crippen LogP contribution in [-0.4, -0.2) is 20.2 Å². The fraction of sp³-hybridized carbons (Fsp3) is 0.500. The number of benzene rings is 1. The normalized spacial score (nSPS) is 18.4. The highest BCUT2D eigenvalue weighted by Gasteiger charge is 2.26. The van der Waals surface area contributed by atoms with E-state index in [9.17, 15) is 4.79 Å². The zero-order chi connectivity index (χ0) is 12.4. The maximum absolute atomic E-state index is 11.6. The van der Waals surface area contributed by atoms with Gasteiger partial charge < -0.3 is 9.47 Å². The largest absolute Gasteiger partial charge is 0.497 e. The summed E-state index contributed by atoms with van der Waals surface area (Å²) >= 11 is 0.